The Kier molecular flexibility index (Phi) is 3.74. The maximum atomic E-state index is 10.7. The first-order valence-electron chi connectivity index (χ1n) is 5.79. The number of nitrogens with zero attached hydrogens (tertiary/aromatic N) is 3. The predicted molar refractivity (Wildman–Crippen MR) is 65.8 cm³/mol. The van der Waals surface area contributed by atoms with Gasteiger partial charge in [0.2, 0.25) is 0 Å². The van der Waals surface area contributed by atoms with Crippen LogP contribution >= 0.6 is 0 Å². The van der Waals surface area contributed by atoms with Gasteiger partial charge in [0.05, 0.1) is 4.92 Å². The van der Waals surface area contributed by atoms with Gasteiger partial charge in [-0.15, -0.1) is 0 Å². The van der Waals surface area contributed by atoms with Gasteiger partial charge in [-0.25, -0.2) is 0 Å². The lowest BCUT2D eigenvalue weighted by molar-refractivity contribution is -0.385. The van der Waals surface area contributed by atoms with Crippen LogP contribution < -0.4 is 4.74 Å². The number of ether oxygens (including phenoxy) is 1. The van der Waals surface area contributed by atoms with E-state index < -0.39 is 4.92 Å². The molecule has 0 aliphatic carbocycles. The van der Waals surface area contributed by atoms with Crippen LogP contribution in [0.25, 0.3) is 0 Å². The second-order valence-electron chi connectivity index (χ2n) is 3.95. The van der Waals surface area contributed by atoms with Crippen molar-refractivity contribution in [1.82, 2.24) is 10.1 Å². The van der Waals surface area contributed by atoms with Crippen LogP contribution in [-0.4, -0.2) is 15.1 Å². The van der Waals surface area contributed by atoms with Crippen molar-refractivity contribution in [1.29, 1.82) is 0 Å². The second-order valence-corrected chi connectivity index (χ2v) is 3.95. The molecule has 1 heterocycles. The zero-order chi connectivity index (χ0) is 13.8. The van der Waals surface area contributed by atoms with Crippen LogP contribution in [0.5, 0.6) is 5.75 Å². The summed E-state index contributed by atoms with van der Waals surface area (Å²) < 4.78 is 10.4. The van der Waals surface area contributed by atoms with Crippen molar-refractivity contribution in [2.24, 2.45) is 0 Å². The van der Waals surface area contributed by atoms with Gasteiger partial charge in [-0.2, -0.15) is 4.98 Å². The largest absolute Gasteiger partial charge is 0.484 e. The van der Waals surface area contributed by atoms with Crippen molar-refractivity contribution in [2.75, 3.05) is 0 Å². The molecule has 19 heavy (non-hydrogen) atoms. The highest BCUT2D eigenvalue weighted by Gasteiger charge is 2.11. The highest BCUT2D eigenvalue weighted by Crippen LogP contribution is 2.23. The van der Waals surface area contributed by atoms with Crippen LogP contribution in [0.2, 0.25) is 0 Å². The molecule has 1 aromatic heterocycles. The van der Waals surface area contributed by atoms with Gasteiger partial charge in [0.1, 0.15) is 5.75 Å². The molecule has 0 aliphatic heterocycles. The first-order chi connectivity index (χ1) is 9.10. The zero-order valence-electron chi connectivity index (χ0n) is 10.6. The van der Waals surface area contributed by atoms with Gasteiger partial charge >= 0.3 is 0 Å². The van der Waals surface area contributed by atoms with E-state index in [1.807, 2.05) is 6.92 Å². The summed E-state index contributed by atoms with van der Waals surface area (Å²) in [6.07, 6.45) is 0.695. The lowest BCUT2D eigenvalue weighted by atomic mass is 10.2. The molecule has 0 saturated carbocycles. The predicted octanol–water partition coefficient (Wildman–Crippen LogP) is 2.43. The van der Waals surface area contributed by atoms with Crippen LogP contribution in [0, 0.1) is 17.0 Å². The van der Waals surface area contributed by atoms with E-state index in [0.717, 1.165) is 0 Å². The highest BCUT2D eigenvalue weighted by atomic mass is 16.6. The molecule has 7 heteroatoms. The molecule has 100 valence electrons. The van der Waals surface area contributed by atoms with E-state index in [9.17, 15) is 10.1 Å². The van der Waals surface area contributed by atoms with Crippen LogP contribution in [0.3, 0.4) is 0 Å². The molecular formula is C12H13N3O4. The van der Waals surface area contributed by atoms with Crippen molar-refractivity contribution < 1.29 is 14.2 Å². The SMILES string of the molecule is CCc1noc(COc2ccc([N+](=O)[O-])c(C)c2)n1. The molecule has 2 aromatic rings. The minimum Gasteiger partial charge on any atom is -0.484 e. The number of hydrogen-bond acceptors (Lipinski definition) is 6. The number of aryl methyl sites for hydroxylation is 2. The van der Waals surface area contributed by atoms with Crippen molar-refractivity contribution in [3.8, 4) is 5.75 Å². The fraction of sp³-hybridized carbons (Fsp3) is 0.333. The molecule has 0 aliphatic rings. The summed E-state index contributed by atoms with van der Waals surface area (Å²) in [5.74, 6) is 1.53. The van der Waals surface area contributed by atoms with Crippen molar-refractivity contribution in [3.05, 3.63) is 45.6 Å². The van der Waals surface area contributed by atoms with E-state index in [1.54, 1.807) is 19.1 Å². The van der Waals surface area contributed by atoms with Gasteiger partial charge in [-0.3, -0.25) is 10.1 Å². The van der Waals surface area contributed by atoms with Gasteiger partial charge in [-0.1, -0.05) is 12.1 Å². The normalized spacial score (nSPS) is 10.4. The summed E-state index contributed by atoms with van der Waals surface area (Å²) in [5.41, 5.74) is 0.612. The Morgan fingerprint density at radius 2 is 2.26 bits per heavy atom. The standard InChI is InChI=1S/C12H13N3O4/c1-3-11-13-12(19-14-11)7-18-9-4-5-10(15(16)17)8(2)6-9/h4-6H,3,7H2,1-2H3. The van der Waals surface area contributed by atoms with Gasteiger partial charge in [-0.05, 0) is 19.1 Å². The second kappa shape index (κ2) is 5.47. The summed E-state index contributed by atoms with van der Waals surface area (Å²) in [7, 11) is 0. The third kappa shape index (κ3) is 3.06. The molecular weight excluding hydrogens is 250 g/mol. The average Bonchev–Trinajstić information content (AvgIpc) is 2.84. The van der Waals surface area contributed by atoms with E-state index in [-0.39, 0.29) is 12.3 Å². The summed E-state index contributed by atoms with van der Waals surface area (Å²) >= 11 is 0. The third-order valence-electron chi connectivity index (χ3n) is 2.55. The zero-order valence-corrected chi connectivity index (χ0v) is 10.6. The lowest BCUT2D eigenvalue weighted by Gasteiger charge is -2.04. The molecule has 0 radical (unpaired) electrons. The molecule has 0 N–H and O–H groups in total. The number of aromatic nitrogens is 2. The first-order valence-corrected chi connectivity index (χ1v) is 5.79. The molecule has 0 spiro atoms. The van der Waals surface area contributed by atoms with Crippen molar-refractivity contribution in [2.45, 2.75) is 26.9 Å². The molecule has 0 unspecified atom stereocenters. The monoisotopic (exact) mass is 263 g/mol. The van der Waals surface area contributed by atoms with Crippen LogP contribution in [-0.2, 0) is 13.0 Å². The van der Waals surface area contributed by atoms with Crippen molar-refractivity contribution >= 4 is 5.69 Å². The average molecular weight is 263 g/mol. The third-order valence-corrected chi connectivity index (χ3v) is 2.55. The van der Waals surface area contributed by atoms with E-state index in [4.69, 9.17) is 9.26 Å². The maximum Gasteiger partial charge on any atom is 0.272 e. The van der Waals surface area contributed by atoms with E-state index >= 15 is 0 Å². The Balaban J connectivity index is 2.03. The van der Waals surface area contributed by atoms with Crippen LogP contribution in [0.4, 0.5) is 5.69 Å². The summed E-state index contributed by atoms with van der Waals surface area (Å²) in [5, 5.41) is 14.4. The molecule has 2 rings (SSSR count). The Bertz CT molecular complexity index is 594. The fourth-order valence-corrected chi connectivity index (χ4v) is 1.56. The quantitative estimate of drug-likeness (QED) is 0.607. The minimum atomic E-state index is -0.426. The minimum absolute atomic E-state index is 0.0680. The molecule has 0 amide bonds. The number of benzene rings is 1. The fourth-order valence-electron chi connectivity index (χ4n) is 1.56. The lowest BCUT2D eigenvalue weighted by Crippen LogP contribution is -1.97. The topological polar surface area (TPSA) is 91.3 Å². The molecule has 0 bridgehead atoms. The van der Waals surface area contributed by atoms with Gasteiger partial charge in [0.15, 0.2) is 12.4 Å². The summed E-state index contributed by atoms with van der Waals surface area (Å²) in [4.78, 5) is 14.4. The molecule has 0 fully saturated rings. The van der Waals surface area contributed by atoms with Gasteiger partial charge in [0.25, 0.3) is 11.6 Å². The van der Waals surface area contributed by atoms with Crippen molar-refractivity contribution in [3.63, 3.8) is 0 Å². The molecule has 1 aromatic carbocycles. The number of hydrogen-bond donors (Lipinski definition) is 0. The van der Waals surface area contributed by atoms with E-state index in [0.29, 0.717) is 29.4 Å². The molecule has 0 saturated heterocycles. The Morgan fingerprint density at radius 1 is 1.47 bits per heavy atom. The Morgan fingerprint density at radius 3 is 2.84 bits per heavy atom. The van der Waals surface area contributed by atoms with E-state index in [2.05, 4.69) is 10.1 Å². The van der Waals surface area contributed by atoms with Gasteiger partial charge in [0, 0.05) is 18.1 Å². The van der Waals surface area contributed by atoms with E-state index in [1.165, 1.54) is 6.07 Å². The summed E-state index contributed by atoms with van der Waals surface area (Å²) in [6.45, 7) is 3.73. The number of nitro benzene ring substituents is 1. The highest BCUT2D eigenvalue weighted by molar-refractivity contribution is 5.44. The number of rotatable bonds is 5. The Hall–Kier alpha value is -2.44. The summed E-state index contributed by atoms with van der Waals surface area (Å²) in [6, 6.07) is 4.56. The molecule has 7 nitrogen and oxygen atoms in total. The smallest absolute Gasteiger partial charge is 0.272 e. The maximum absolute atomic E-state index is 10.7. The van der Waals surface area contributed by atoms with Gasteiger partial charge < -0.3 is 9.26 Å². The van der Waals surface area contributed by atoms with Crippen LogP contribution in [0.15, 0.2) is 22.7 Å². The number of nitro groups is 1. The molecule has 0 atom stereocenters. The van der Waals surface area contributed by atoms with Crippen LogP contribution in [0.1, 0.15) is 24.2 Å². The Labute approximate surface area is 109 Å². The first kappa shape index (κ1) is 13.0.